The van der Waals surface area contributed by atoms with E-state index in [1.54, 1.807) is 0 Å². The van der Waals surface area contributed by atoms with Crippen molar-refractivity contribution in [1.29, 1.82) is 0 Å². The summed E-state index contributed by atoms with van der Waals surface area (Å²) in [6.45, 7) is 9.19. The van der Waals surface area contributed by atoms with Crippen LogP contribution in [-0.4, -0.2) is 104 Å². The quantitative estimate of drug-likeness (QED) is 0.482. The molecule has 0 aromatic heterocycles. The van der Waals surface area contributed by atoms with Crippen molar-refractivity contribution in [2.24, 2.45) is 5.92 Å². The number of benzene rings is 1. The number of nitrogens with zero attached hydrogens (tertiary/aromatic N) is 4. The Morgan fingerprint density at radius 1 is 1.00 bits per heavy atom. The highest BCUT2D eigenvalue weighted by atomic mass is 16.5. The Kier molecular flexibility index (Phi) is 10.5. The van der Waals surface area contributed by atoms with Crippen molar-refractivity contribution in [1.82, 2.24) is 19.6 Å². The Balaban J connectivity index is 1.16. The van der Waals surface area contributed by atoms with Crippen molar-refractivity contribution in [3.63, 3.8) is 0 Å². The monoisotopic (exact) mass is 510 g/mol. The lowest BCUT2D eigenvalue weighted by Crippen LogP contribution is -2.43. The van der Waals surface area contributed by atoms with Crippen LogP contribution in [0.3, 0.4) is 0 Å². The predicted octanol–water partition coefficient (Wildman–Crippen LogP) is 3.93. The van der Waals surface area contributed by atoms with Crippen LogP contribution in [0.4, 0.5) is 0 Å². The molecule has 7 nitrogen and oxygen atoms in total. The zero-order valence-corrected chi connectivity index (χ0v) is 22.9. The lowest BCUT2D eigenvalue weighted by atomic mass is 9.94. The predicted molar refractivity (Wildman–Crippen MR) is 149 cm³/mol. The van der Waals surface area contributed by atoms with Gasteiger partial charge >= 0.3 is 0 Å². The molecule has 1 aromatic rings. The second-order valence-corrected chi connectivity index (χ2v) is 11.1. The minimum Gasteiger partial charge on any atom is -0.508 e. The molecule has 1 aliphatic carbocycles. The lowest BCUT2D eigenvalue weighted by molar-refractivity contribution is -0.137. The highest BCUT2D eigenvalue weighted by Gasteiger charge is 2.29. The maximum atomic E-state index is 13.3. The van der Waals surface area contributed by atoms with Gasteiger partial charge in [0.05, 0.1) is 6.61 Å². The molecule has 0 unspecified atom stereocenters. The van der Waals surface area contributed by atoms with Gasteiger partial charge in [-0.3, -0.25) is 14.6 Å². The number of hydrogen-bond acceptors (Lipinski definition) is 6. The van der Waals surface area contributed by atoms with Crippen molar-refractivity contribution < 1.29 is 14.6 Å². The minimum atomic E-state index is 0.156. The zero-order chi connectivity index (χ0) is 26.0. The molecule has 1 amide bonds. The number of allylic oxidation sites excluding steroid dienone is 2. The Labute approximate surface area is 223 Å². The van der Waals surface area contributed by atoms with Gasteiger partial charge in [0.2, 0.25) is 5.91 Å². The number of aliphatic hydroxyl groups excluding tert-OH is 1. The van der Waals surface area contributed by atoms with Crippen LogP contribution in [-0.2, 0) is 11.3 Å². The lowest BCUT2D eigenvalue weighted by Gasteiger charge is -2.34. The number of aliphatic hydroxyl groups is 1. The first kappa shape index (κ1) is 27.7. The fourth-order valence-corrected chi connectivity index (χ4v) is 5.62. The fourth-order valence-electron chi connectivity index (χ4n) is 5.62. The highest BCUT2D eigenvalue weighted by molar-refractivity contribution is 5.79. The van der Waals surface area contributed by atoms with Crippen LogP contribution in [0.5, 0.6) is 5.75 Å². The number of likely N-dealkylation sites (tertiary alicyclic amines) is 1. The van der Waals surface area contributed by atoms with E-state index in [-0.39, 0.29) is 5.92 Å². The summed E-state index contributed by atoms with van der Waals surface area (Å²) in [6, 6.07) is 8.49. The van der Waals surface area contributed by atoms with Gasteiger partial charge in [0.25, 0.3) is 0 Å². The van der Waals surface area contributed by atoms with Crippen LogP contribution in [0, 0.1) is 5.92 Å². The molecule has 0 atom stereocenters. The van der Waals surface area contributed by atoms with Gasteiger partial charge < -0.3 is 19.6 Å². The maximum absolute atomic E-state index is 13.3. The largest absolute Gasteiger partial charge is 0.508 e. The van der Waals surface area contributed by atoms with Gasteiger partial charge in [-0.15, -0.1) is 0 Å². The third-order valence-electron chi connectivity index (χ3n) is 7.78. The topological polar surface area (TPSA) is 59.5 Å². The van der Waals surface area contributed by atoms with Gasteiger partial charge in [-0.2, -0.15) is 0 Å². The molecule has 2 saturated heterocycles. The zero-order valence-electron chi connectivity index (χ0n) is 22.9. The molecule has 4 rings (SSSR count). The van der Waals surface area contributed by atoms with Crippen molar-refractivity contribution >= 4 is 5.91 Å². The number of piperidine rings is 1. The maximum Gasteiger partial charge on any atom is 0.225 e. The van der Waals surface area contributed by atoms with E-state index in [2.05, 4.69) is 58.0 Å². The van der Waals surface area contributed by atoms with E-state index in [0.29, 0.717) is 11.7 Å². The average molecular weight is 511 g/mol. The van der Waals surface area contributed by atoms with Crippen LogP contribution in [0.1, 0.15) is 44.1 Å². The number of rotatable bonds is 10. The molecule has 0 spiro atoms. The molecule has 37 heavy (non-hydrogen) atoms. The van der Waals surface area contributed by atoms with Crippen molar-refractivity contribution in [2.75, 3.05) is 73.1 Å². The molecule has 3 aliphatic rings. The summed E-state index contributed by atoms with van der Waals surface area (Å²) in [4.78, 5) is 22.5. The second-order valence-electron chi connectivity index (χ2n) is 11.1. The molecule has 2 fully saturated rings. The van der Waals surface area contributed by atoms with E-state index in [9.17, 15) is 9.90 Å². The van der Waals surface area contributed by atoms with Gasteiger partial charge in [-0.25, -0.2) is 0 Å². The number of carbonyl (C=O) groups is 1. The molecular formula is C30H46N4O3. The molecule has 2 heterocycles. The van der Waals surface area contributed by atoms with Crippen LogP contribution in [0.2, 0.25) is 0 Å². The van der Waals surface area contributed by atoms with Crippen LogP contribution in [0.25, 0.3) is 0 Å². The van der Waals surface area contributed by atoms with Gasteiger partial charge in [-0.05, 0) is 95.6 Å². The standard InChI is InChI=1S/C30H46N4O3/c1-31(2)14-5-21-37-29-10-8-25(9-11-29)23-33-17-12-27(13-18-33)30(36)34-16-4-15-32(19-20-34)24-26-6-3-7-28(35)22-26/h7-11,22,27,35H,3-6,12-21,23-24H2,1-2H3. The van der Waals surface area contributed by atoms with E-state index in [1.807, 2.05) is 12.2 Å². The Morgan fingerprint density at radius 3 is 2.49 bits per heavy atom. The van der Waals surface area contributed by atoms with Crippen molar-refractivity contribution in [3.8, 4) is 5.75 Å². The van der Waals surface area contributed by atoms with Crippen molar-refractivity contribution in [3.05, 3.63) is 53.3 Å². The number of hydrogen-bond donors (Lipinski definition) is 1. The molecule has 7 heteroatoms. The van der Waals surface area contributed by atoms with Gasteiger partial charge in [0, 0.05) is 51.7 Å². The first-order chi connectivity index (χ1) is 18.0. The third-order valence-corrected chi connectivity index (χ3v) is 7.78. The molecule has 0 radical (unpaired) electrons. The summed E-state index contributed by atoms with van der Waals surface area (Å²) in [6.07, 6.45) is 9.70. The molecule has 0 bridgehead atoms. The SMILES string of the molecule is CN(C)CCCOc1ccc(CN2CCC(C(=O)N3CCCN(CC4=CC(O)=CCC4)CC3)CC2)cc1. The van der Waals surface area contributed by atoms with E-state index >= 15 is 0 Å². The van der Waals surface area contributed by atoms with Crippen molar-refractivity contribution in [2.45, 2.75) is 45.1 Å². The Morgan fingerprint density at radius 2 is 1.76 bits per heavy atom. The Hall–Kier alpha value is -2.35. The number of amides is 1. The van der Waals surface area contributed by atoms with Gasteiger partial charge in [0.15, 0.2) is 0 Å². The molecule has 2 aliphatic heterocycles. The number of carbonyl (C=O) groups excluding carboxylic acids is 1. The normalized spacial score (nSPS) is 20.5. The summed E-state index contributed by atoms with van der Waals surface area (Å²) >= 11 is 0. The second kappa shape index (κ2) is 14.0. The molecular weight excluding hydrogens is 464 g/mol. The average Bonchev–Trinajstić information content (AvgIpc) is 3.13. The molecule has 1 aromatic carbocycles. The Bertz CT molecular complexity index is 919. The van der Waals surface area contributed by atoms with E-state index in [4.69, 9.17) is 4.74 Å². The summed E-state index contributed by atoms with van der Waals surface area (Å²) < 4.78 is 5.86. The first-order valence-electron chi connectivity index (χ1n) is 14.1. The molecule has 1 N–H and O–H groups in total. The summed E-state index contributed by atoms with van der Waals surface area (Å²) in [5.74, 6) is 1.85. The molecule has 204 valence electrons. The van der Waals surface area contributed by atoms with Gasteiger partial charge in [-0.1, -0.05) is 17.7 Å². The third kappa shape index (κ3) is 8.87. The summed E-state index contributed by atoms with van der Waals surface area (Å²) in [5.41, 5.74) is 2.60. The van der Waals surface area contributed by atoms with Crippen LogP contribution in [0.15, 0.2) is 47.7 Å². The fraction of sp³-hybridized carbons (Fsp3) is 0.633. The van der Waals surface area contributed by atoms with E-state index in [0.717, 1.165) is 110 Å². The first-order valence-corrected chi connectivity index (χ1v) is 14.1. The summed E-state index contributed by atoms with van der Waals surface area (Å²) in [7, 11) is 4.16. The number of ether oxygens (including phenoxy) is 1. The summed E-state index contributed by atoms with van der Waals surface area (Å²) in [5, 5.41) is 9.79. The smallest absolute Gasteiger partial charge is 0.225 e. The van der Waals surface area contributed by atoms with E-state index in [1.165, 1.54) is 11.1 Å². The van der Waals surface area contributed by atoms with Crippen LogP contribution < -0.4 is 4.74 Å². The highest BCUT2D eigenvalue weighted by Crippen LogP contribution is 2.23. The molecule has 0 saturated carbocycles. The minimum absolute atomic E-state index is 0.156. The van der Waals surface area contributed by atoms with Crippen LogP contribution >= 0.6 is 0 Å². The van der Waals surface area contributed by atoms with E-state index < -0.39 is 0 Å². The van der Waals surface area contributed by atoms with Gasteiger partial charge in [0.1, 0.15) is 11.5 Å².